The average molecular weight is 354 g/mol. The Hall–Kier alpha value is -2.51. The summed E-state index contributed by atoms with van der Waals surface area (Å²) < 4.78 is 2.01. The molecule has 138 valence electrons. The van der Waals surface area contributed by atoms with Gasteiger partial charge in [0.15, 0.2) is 11.5 Å². The van der Waals surface area contributed by atoms with E-state index < -0.39 is 0 Å². The maximum atomic E-state index is 9.36. The Kier molecular flexibility index (Phi) is 6.14. The maximum Gasteiger partial charge on any atom is 0.165 e. The molecule has 3 N–H and O–H groups in total. The molecule has 0 spiro atoms. The molecule has 0 radical (unpaired) electrons. The number of aromatic nitrogens is 4. The highest BCUT2D eigenvalue weighted by Gasteiger charge is 2.14. The molecule has 7 heteroatoms. The van der Waals surface area contributed by atoms with Crippen molar-refractivity contribution >= 4 is 17.0 Å². The van der Waals surface area contributed by atoms with E-state index in [0.29, 0.717) is 18.9 Å². The lowest BCUT2D eigenvalue weighted by Crippen LogP contribution is -2.31. The van der Waals surface area contributed by atoms with Crippen LogP contribution in [0.2, 0.25) is 0 Å². The van der Waals surface area contributed by atoms with Crippen LogP contribution < -0.4 is 10.6 Å². The highest BCUT2D eigenvalue weighted by molar-refractivity contribution is 5.83. The Morgan fingerprint density at radius 1 is 1.12 bits per heavy atom. The molecular formula is C19H26N6O. The number of rotatable bonds is 9. The summed E-state index contributed by atoms with van der Waals surface area (Å²) in [5.74, 6) is 1.43. The second-order valence-corrected chi connectivity index (χ2v) is 6.20. The van der Waals surface area contributed by atoms with Crippen LogP contribution in [-0.4, -0.2) is 37.3 Å². The van der Waals surface area contributed by atoms with Gasteiger partial charge in [-0.2, -0.15) is 0 Å². The van der Waals surface area contributed by atoms with Crippen molar-refractivity contribution in [3.8, 4) is 0 Å². The van der Waals surface area contributed by atoms with Crippen LogP contribution in [-0.2, 0) is 19.6 Å². The summed E-state index contributed by atoms with van der Waals surface area (Å²) in [5, 5.41) is 16.1. The molecule has 1 atom stereocenters. The number of hydrogen-bond donors (Lipinski definition) is 3. The van der Waals surface area contributed by atoms with Crippen molar-refractivity contribution in [1.29, 1.82) is 0 Å². The van der Waals surface area contributed by atoms with Gasteiger partial charge in [0.1, 0.15) is 11.3 Å². The number of nitrogens with one attached hydrogen (secondary N) is 2. The van der Waals surface area contributed by atoms with Gasteiger partial charge < -0.3 is 20.3 Å². The van der Waals surface area contributed by atoms with Crippen LogP contribution in [0.25, 0.3) is 11.2 Å². The van der Waals surface area contributed by atoms with E-state index in [9.17, 15) is 5.11 Å². The van der Waals surface area contributed by atoms with Crippen molar-refractivity contribution in [3.63, 3.8) is 0 Å². The molecule has 0 aliphatic rings. The molecule has 2 heterocycles. The molecule has 0 saturated heterocycles. The van der Waals surface area contributed by atoms with Crippen LogP contribution in [0, 0.1) is 0 Å². The molecular weight excluding hydrogens is 328 g/mol. The first-order chi connectivity index (χ1) is 12.7. The van der Waals surface area contributed by atoms with Crippen LogP contribution in [0.15, 0.2) is 36.7 Å². The number of aryl methyl sites for hydroxylation is 1. The summed E-state index contributed by atoms with van der Waals surface area (Å²) >= 11 is 0. The summed E-state index contributed by atoms with van der Waals surface area (Å²) in [7, 11) is 0. The van der Waals surface area contributed by atoms with Gasteiger partial charge in [0.25, 0.3) is 0 Å². The zero-order valence-corrected chi connectivity index (χ0v) is 15.3. The lowest BCUT2D eigenvalue weighted by Gasteiger charge is -2.14. The molecule has 0 aliphatic heterocycles. The Bertz CT molecular complexity index is 829. The standard InChI is InChI=1S/C19H26N6O/c1-3-15(12-26)20-11-16-23-18(21-10-14-8-6-5-7-9-14)17-19(24-16)25(4-2)13-22-17/h5-9,13,15,20,26H,3-4,10-12H2,1-2H3,(H,21,23,24). The van der Waals surface area contributed by atoms with E-state index in [1.165, 1.54) is 5.56 Å². The fraction of sp³-hybridized carbons (Fsp3) is 0.421. The lowest BCUT2D eigenvalue weighted by atomic mass is 10.2. The van der Waals surface area contributed by atoms with Gasteiger partial charge in [-0.25, -0.2) is 15.0 Å². The molecule has 3 rings (SSSR count). The Morgan fingerprint density at radius 2 is 1.92 bits per heavy atom. The number of fused-ring (bicyclic) bond motifs is 1. The van der Waals surface area contributed by atoms with Gasteiger partial charge in [-0.15, -0.1) is 0 Å². The molecule has 0 aliphatic carbocycles. The minimum Gasteiger partial charge on any atom is -0.395 e. The van der Waals surface area contributed by atoms with Crippen molar-refractivity contribution in [3.05, 3.63) is 48.0 Å². The van der Waals surface area contributed by atoms with Crippen LogP contribution in [0.5, 0.6) is 0 Å². The second-order valence-electron chi connectivity index (χ2n) is 6.20. The van der Waals surface area contributed by atoms with Crippen LogP contribution in [0.4, 0.5) is 5.82 Å². The topological polar surface area (TPSA) is 87.9 Å². The second kappa shape index (κ2) is 8.73. The molecule has 1 unspecified atom stereocenters. The summed E-state index contributed by atoms with van der Waals surface area (Å²) in [6.45, 7) is 6.18. The smallest absolute Gasteiger partial charge is 0.165 e. The minimum atomic E-state index is 0.0473. The third-order valence-electron chi connectivity index (χ3n) is 4.42. The number of benzene rings is 1. The highest BCUT2D eigenvalue weighted by atomic mass is 16.3. The number of anilines is 1. The van der Waals surface area contributed by atoms with Crippen LogP contribution in [0.1, 0.15) is 31.7 Å². The normalized spacial score (nSPS) is 12.4. The van der Waals surface area contributed by atoms with Crippen molar-refractivity contribution in [2.45, 2.75) is 45.9 Å². The minimum absolute atomic E-state index is 0.0473. The van der Waals surface area contributed by atoms with Crippen LogP contribution >= 0.6 is 0 Å². The van der Waals surface area contributed by atoms with Crippen molar-refractivity contribution in [1.82, 2.24) is 24.8 Å². The van der Waals surface area contributed by atoms with Crippen molar-refractivity contribution in [2.75, 3.05) is 11.9 Å². The van der Waals surface area contributed by atoms with E-state index in [4.69, 9.17) is 0 Å². The van der Waals surface area contributed by atoms with Crippen molar-refractivity contribution < 1.29 is 5.11 Å². The number of aliphatic hydroxyl groups excluding tert-OH is 1. The summed E-state index contributed by atoms with van der Waals surface area (Å²) in [5.41, 5.74) is 2.79. The Labute approximate surface area is 153 Å². The molecule has 0 bridgehead atoms. The zero-order valence-electron chi connectivity index (χ0n) is 15.3. The van der Waals surface area contributed by atoms with E-state index in [-0.39, 0.29) is 12.6 Å². The van der Waals surface area contributed by atoms with Gasteiger partial charge in [0.2, 0.25) is 0 Å². The predicted octanol–water partition coefficient (Wildman–Crippen LogP) is 2.32. The number of nitrogens with zero attached hydrogens (tertiary/aromatic N) is 4. The third kappa shape index (κ3) is 4.17. The first-order valence-corrected chi connectivity index (χ1v) is 9.08. The third-order valence-corrected chi connectivity index (χ3v) is 4.42. The molecule has 0 fully saturated rings. The molecule has 0 amide bonds. The molecule has 1 aromatic carbocycles. The fourth-order valence-corrected chi connectivity index (χ4v) is 2.78. The van der Waals surface area contributed by atoms with Crippen molar-refractivity contribution in [2.24, 2.45) is 0 Å². The fourth-order valence-electron chi connectivity index (χ4n) is 2.78. The lowest BCUT2D eigenvalue weighted by molar-refractivity contribution is 0.237. The molecule has 0 saturated carbocycles. The van der Waals surface area contributed by atoms with E-state index >= 15 is 0 Å². The number of imidazole rings is 1. The Morgan fingerprint density at radius 3 is 2.62 bits per heavy atom. The zero-order chi connectivity index (χ0) is 18.4. The van der Waals surface area contributed by atoms with Gasteiger partial charge in [-0.3, -0.25) is 0 Å². The largest absolute Gasteiger partial charge is 0.395 e. The number of aliphatic hydroxyl groups is 1. The van der Waals surface area contributed by atoms with E-state index in [1.807, 2.05) is 29.7 Å². The van der Waals surface area contributed by atoms with E-state index in [2.05, 4.69) is 44.6 Å². The highest BCUT2D eigenvalue weighted by Crippen LogP contribution is 2.20. The Balaban J connectivity index is 1.86. The average Bonchev–Trinajstić information content (AvgIpc) is 3.11. The molecule has 7 nitrogen and oxygen atoms in total. The first kappa shape index (κ1) is 18.3. The monoisotopic (exact) mass is 354 g/mol. The predicted molar refractivity (Wildman–Crippen MR) is 103 cm³/mol. The van der Waals surface area contributed by atoms with Crippen LogP contribution in [0.3, 0.4) is 0 Å². The van der Waals surface area contributed by atoms with Gasteiger partial charge in [0, 0.05) is 19.1 Å². The van der Waals surface area contributed by atoms with E-state index in [0.717, 1.165) is 29.9 Å². The number of hydrogen-bond acceptors (Lipinski definition) is 6. The first-order valence-electron chi connectivity index (χ1n) is 9.08. The summed E-state index contributed by atoms with van der Waals surface area (Å²) in [4.78, 5) is 13.8. The van der Waals surface area contributed by atoms with Gasteiger partial charge in [-0.05, 0) is 18.9 Å². The molecule has 3 aromatic rings. The SMILES string of the molecule is CCC(CO)NCc1nc(NCc2ccccc2)c2ncn(CC)c2n1. The molecule has 2 aromatic heterocycles. The quantitative estimate of drug-likeness (QED) is 0.547. The van der Waals surface area contributed by atoms with Gasteiger partial charge in [-0.1, -0.05) is 37.3 Å². The maximum absolute atomic E-state index is 9.36. The van der Waals surface area contributed by atoms with Gasteiger partial charge >= 0.3 is 0 Å². The summed E-state index contributed by atoms with van der Waals surface area (Å²) in [6.07, 6.45) is 2.65. The summed E-state index contributed by atoms with van der Waals surface area (Å²) in [6, 6.07) is 10.2. The molecule has 26 heavy (non-hydrogen) atoms. The van der Waals surface area contributed by atoms with E-state index in [1.54, 1.807) is 6.33 Å². The van der Waals surface area contributed by atoms with Gasteiger partial charge in [0.05, 0.1) is 19.5 Å².